The van der Waals surface area contributed by atoms with Gasteiger partial charge in [0.1, 0.15) is 17.9 Å². The first kappa shape index (κ1) is 29.4. The molecule has 10 nitrogen and oxygen atoms in total. The number of hydrogen-bond donors (Lipinski definition) is 2. The highest BCUT2D eigenvalue weighted by molar-refractivity contribution is 5.86. The van der Waals surface area contributed by atoms with E-state index < -0.39 is 30.3 Å². The van der Waals surface area contributed by atoms with Crippen LogP contribution in [0, 0.1) is 16.7 Å². The van der Waals surface area contributed by atoms with Crippen LogP contribution >= 0.6 is 0 Å². The summed E-state index contributed by atoms with van der Waals surface area (Å²) in [5.74, 6) is -0.138. The summed E-state index contributed by atoms with van der Waals surface area (Å²) < 4.78 is 47.6. The first-order chi connectivity index (χ1) is 19.2. The number of amides is 2. The number of nitrogens with zero attached hydrogens (tertiary/aromatic N) is 4. The number of carboxylic acid groups (broad SMARTS) is 1. The standard InChI is InChI=1S/C28H28F3N5O5/c1-27(2,3)22(33-26(38)39)25(37)36-10-8-16-4-5-18(12-17(16)9-11-36)23-34-24(41-35-23)19-6-7-21(20(13-19)14-32)40-15-28(29,30)31/h4-7,12-13,22,33H,8-11,15H2,1-3H3,(H,38,39). The van der Waals surface area contributed by atoms with Crippen LogP contribution < -0.4 is 10.1 Å². The number of nitriles is 1. The maximum atomic E-state index is 13.2. The molecule has 1 unspecified atom stereocenters. The van der Waals surface area contributed by atoms with E-state index in [1.807, 2.05) is 24.3 Å². The molecule has 4 rings (SSSR count). The Morgan fingerprint density at radius 2 is 1.80 bits per heavy atom. The van der Waals surface area contributed by atoms with E-state index in [9.17, 15) is 33.1 Å². The van der Waals surface area contributed by atoms with Crippen LogP contribution in [0.3, 0.4) is 0 Å². The lowest BCUT2D eigenvalue weighted by Gasteiger charge is -2.33. The summed E-state index contributed by atoms with van der Waals surface area (Å²) in [6.45, 7) is 4.74. The van der Waals surface area contributed by atoms with E-state index in [0.29, 0.717) is 37.1 Å². The summed E-state index contributed by atoms with van der Waals surface area (Å²) in [6, 6.07) is 10.6. The Morgan fingerprint density at radius 3 is 2.44 bits per heavy atom. The minimum absolute atomic E-state index is 0.0738. The molecular formula is C28H28F3N5O5. The van der Waals surface area contributed by atoms with Crippen LogP contribution in [0.4, 0.5) is 18.0 Å². The summed E-state index contributed by atoms with van der Waals surface area (Å²) in [4.78, 5) is 30.6. The monoisotopic (exact) mass is 571 g/mol. The van der Waals surface area contributed by atoms with Crippen molar-refractivity contribution in [1.82, 2.24) is 20.4 Å². The number of rotatable bonds is 6. The molecule has 0 fully saturated rings. The molecule has 0 saturated heterocycles. The zero-order valence-corrected chi connectivity index (χ0v) is 22.6. The minimum Gasteiger partial charge on any atom is -0.483 e. The predicted molar refractivity (Wildman–Crippen MR) is 140 cm³/mol. The number of ether oxygens (including phenoxy) is 1. The first-order valence-electron chi connectivity index (χ1n) is 12.7. The number of carbonyl (C=O) groups is 2. The van der Waals surface area contributed by atoms with Crippen molar-refractivity contribution in [3.8, 4) is 34.7 Å². The third-order valence-corrected chi connectivity index (χ3v) is 6.62. The van der Waals surface area contributed by atoms with Crippen molar-refractivity contribution in [2.24, 2.45) is 5.41 Å². The SMILES string of the molecule is CC(C)(C)C(NC(=O)O)C(=O)N1CCc2ccc(-c3noc(-c4ccc(OCC(F)(F)F)c(C#N)c4)n3)cc2CC1. The van der Waals surface area contributed by atoms with Gasteiger partial charge in [0, 0.05) is 24.2 Å². The molecule has 216 valence electrons. The van der Waals surface area contributed by atoms with Crippen molar-refractivity contribution in [2.45, 2.75) is 45.8 Å². The summed E-state index contributed by atoms with van der Waals surface area (Å²) in [7, 11) is 0. The van der Waals surface area contributed by atoms with Crippen molar-refractivity contribution in [2.75, 3.05) is 19.7 Å². The largest absolute Gasteiger partial charge is 0.483 e. The van der Waals surface area contributed by atoms with E-state index in [2.05, 4.69) is 15.5 Å². The highest BCUT2D eigenvalue weighted by Gasteiger charge is 2.36. The summed E-state index contributed by atoms with van der Waals surface area (Å²) in [5.41, 5.74) is 2.31. The number of carbonyl (C=O) groups excluding carboxylic acids is 1. The Hall–Kier alpha value is -4.60. The Bertz CT molecular complexity index is 1490. The molecule has 1 aromatic heterocycles. The Labute approximate surface area is 233 Å². The number of aromatic nitrogens is 2. The van der Waals surface area contributed by atoms with E-state index in [-0.39, 0.29) is 28.9 Å². The third-order valence-electron chi connectivity index (χ3n) is 6.62. The van der Waals surface area contributed by atoms with Crippen LogP contribution in [0.15, 0.2) is 40.9 Å². The van der Waals surface area contributed by atoms with Gasteiger partial charge in [-0.2, -0.15) is 23.4 Å². The molecule has 0 bridgehead atoms. The van der Waals surface area contributed by atoms with Crippen LogP contribution in [0.2, 0.25) is 0 Å². The lowest BCUT2D eigenvalue weighted by atomic mass is 9.86. The molecule has 2 aromatic carbocycles. The number of alkyl halides is 3. The molecule has 1 atom stereocenters. The molecule has 2 amide bonds. The molecule has 41 heavy (non-hydrogen) atoms. The van der Waals surface area contributed by atoms with Gasteiger partial charge >= 0.3 is 12.3 Å². The molecule has 0 saturated carbocycles. The van der Waals surface area contributed by atoms with Crippen molar-refractivity contribution >= 4 is 12.0 Å². The van der Waals surface area contributed by atoms with Crippen molar-refractivity contribution in [3.05, 3.63) is 53.1 Å². The van der Waals surface area contributed by atoms with Crippen molar-refractivity contribution in [3.63, 3.8) is 0 Å². The van der Waals surface area contributed by atoms with Crippen molar-refractivity contribution in [1.29, 1.82) is 5.26 Å². The molecular weight excluding hydrogens is 543 g/mol. The molecule has 1 aliphatic heterocycles. The van der Waals surface area contributed by atoms with Gasteiger partial charge in [-0.1, -0.05) is 38.1 Å². The van der Waals surface area contributed by atoms with E-state index >= 15 is 0 Å². The van der Waals surface area contributed by atoms with Gasteiger partial charge in [-0.05, 0) is 53.6 Å². The summed E-state index contributed by atoms with van der Waals surface area (Å²) >= 11 is 0. The Kier molecular flexibility index (Phi) is 8.23. The van der Waals surface area contributed by atoms with Gasteiger partial charge in [-0.15, -0.1) is 0 Å². The fourth-order valence-corrected chi connectivity index (χ4v) is 4.53. The van der Waals surface area contributed by atoms with Crippen LogP contribution in [0.1, 0.15) is 37.5 Å². The second-order valence-corrected chi connectivity index (χ2v) is 10.7. The molecule has 1 aliphatic rings. The fraction of sp³-hybridized carbons (Fsp3) is 0.393. The first-order valence-corrected chi connectivity index (χ1v) is 12.7. The fourth-order valence-electron chi connectivity index (χ4n) is 4.53. The minimum atomic E-state index is -4.54. The van der Waals surface area contributed by atoms with Crippen LogP contribution in [0.25, 0.3) is 22.8 Å². The number of fused-ring (bicyclic) bond motifs is 1. The van der Waals surface area contributed by atoms with Crippen LogP contribution in [-0.2, 0) is 17.6 Å². The van der Waals surface area contributed by atoms with Crippen LogP contribution in [0.5, 0.6) is 5.75 Å². The van der Waals surface area contributed by atoms with Gasteiger partial charge < -0.3 is 24.6 Å². The second kappa shape index (κ2) is 11.5. The lowest BCUT2D eigenvalue weighted by Crippen LogP contribution is -2.54. The van der Waals surface area contributed by atoms with Gasteiger partial charge in [-0.3, -0.25) is 4.79 Å². The Morgan fingerprint density at radius 1 is 1.12 bits per heavy atom. The Balaban J connectivity index is 1.50. The average Bonchev–Trinajstić information content (AvgIpc) is 3.30. The highest BCUT2D eigenvalue weighted by atomic mass is 19.4. The molecule has 2 heterocycles. The van der Waals surface area contributed by atoms with E-state index in [1.165, 1.54) is 18.2 Å². The summed E-state index contributed by atoms with van der Waals surface area (Å²) in [5, 5.41) is 25.0. The van der Waals surface area contributed by atoms with Gasteiger partial charge in [0.2, 0.25) is 11.7 Å². The molecule has 0 spiro atoms. The normalized spacial score (nSPS) is 14.4. The van der Waals surface area contributed by atoms with Gasteiger partial charge in [0.25, 0.3) is 5.89 Å². The van der Waals surface area contributed by atoms with Gasteiger partial charge in [-0.25, -0.2) is 4.79 Å². The maximum absolute atomic E-state index is 13.2. The quantitative estimate of drug-likeness (QED) is 0.429. The molecule has 3 aromatic rings. The van der Waals surface area contributed by atoms with Crippen molar-refractivity contribution < 1.29 is 37.1 Å². The smallest absolute Gasteiger partial charge is 0.422 e. The molecule has 0 radical (unpaired) electrons. The number of hydrogen-bond acceptors (Lipinski definition) is 7. The molecule has 0 aliphatic carbocycles. The summed E-state index contributed by atoms with van der Waals surface area (Å²) in [6.07, 6.45) is -4.67. The average molecular weight is 572 g/mol. The molecule has 13 heteroatoms. The zero-order valence-electron chi connectivity index (χ0n) is 22.6. The topological polar surface area (TPSA) is 142 Å². The molecule has 2 N–H and O–H groups in total. The lowest BCUT2D eigenvalue weighted by molar-refractivity contribution is -0.153. The van der Waals surface area contributed by atoms with E-state index in [4.69, 9.17) is 9.26 Å². The van der Waals surface area contributed by atoms with Gasteiger partial charge in [0.15, 0.2) is 6.61 Å². The second-order valence-electron chi connectivity index (χ2n) is 10.7. The van der Waals surface area contributed by atoms with Gasteiger partial charge in [0.05, 0.1) is 5.56 Å². The van der Waals surface area contributed by atoms with E-state index in [0.717, 1.165) is 11.1 Å². The predicted octanol–water partition coefficient (Wildman–Crippen LogP) is 4.83. The number of benzene rings is 2. The number of nitrogens with one attached hydrogen (secondary N) is 1. The number of halogens is 3. The third kappa shape index (κ3) is 7.13. The van der Waals surface area contributed by atoms with Crippen LogP contribution in [-0.4, -0.2) is 64.1 Å². The maximum Gasteiger partial charge on any atom is 0.422 e. The highest BCUT2D eigenvalue weighted by Crippen LogP contribution is 2.30. The zero-order chi connectivity index (χ0) is 29.9. The van der Waals surface area contributed by atoms with E-state index in [1.54, 1.807) is 25.7 Å².